The van der Waals surface area contributed by atoms with Crippen molar-refractivity contribution in [1.29, 1.82) is 0 Å². The van der Waals surface area contributed by atoms with E-state index in [-0.39, 0.29) is 26.4 Å². The number of para-hydroxylation sites is 1. The SMILES string of the molecule is O=c1c2cccc3c2n(c(=O)n1CC(O)CO)-c1cc(C(F)(F)F)ccc1[S+]3[O-]. The van der Waals surface area contributed by atoms with Crippen LogP contribution >= 0.6 is 0 Å². The van der Waals surface area contributed by atoms with Gasteiger partial charge in [0.05, 0.1) is 30.2 Å². The fourth-order valence-corrected chi connectivity index (χ4v) is 4.67. The number of halogens is 3. The molecule has 0 bridgehead atoms. The quantitative estimate of drug-likeness (QED) is 0.608. The molecule has 0 aliphatic carbocycles. The summed E-state index contributed by atoms with van der Waals surface area (Å²) in [7, 11) is 0. The third kappa shape index (κ3) is 2.97. The van der Waals surface area contributed by atoms with Crippen molar-refractivity contribution in [2.24, 2.45) is 0 Å². The van der Waals surface area contributed by atoms with Crippen molar-refractivity contribution in [1.82, 2.24) is 9.13 Å². The van der Waals surface area contributed by atoms with Crippen LogP contribution in [0.5, 0.6) is 0 Å². The van der Waals surface area contributed by atoms with Gasteiger partial charge >= 0.3 is 11.9 Å². The van der Waals surface area contributed by atoms with E-state index in [0.29, 0.717) is 10.6 Å². The molecule has 0 fully saturated rings. The maximum absolute atomic E-state index is 13.2. The molecule has 2 N–H and O–H groups in total. The van der Waals surface area contributed by atoms with Crippen LogP contribution < -0.4 is 11.2 Å². The molecule has 2 unspecified atom stereocenters. The highest BCUT2D eigenvalue weighted by molar-refractivity contribution is 7.92. The Morgan fingerprint density at radius 2 is 1.86 bits per heavy atom. The standard InChI is InChI=1S/C18H13F3N2O5S/c19-18(20,21)9-4-5-13-12(6-9)23-15-11(2-1-3-14(15)29(13)28)16(26)22(17(23)27)7-10(25)8-24/h1-6,10,24-25H,7-8H2. The Kier molecular flexibility index (Phi) is 4.57. The van der Waals surface area contributed by atoms with Gasteiger partial charge in [-0.25, -0.2) is 4.79 Å². The van der Waals surface area contributed by atoms with Crippen molar-refractivity contribution in [2.45, 2.75) is 28.6 Å². The summed E-state index contributed by atoms with van der Waals surface area (Å²) in [6.07, 6.45) is -6.12. The van der Waals surface area contributed by atoms with Crippen LogP contribution in [-0.2, 0) is 23.9 Å². The van der Waals surface area contributed by atoms with E-state index in [2.05, 4.69) is 0 Å². The minimum Gasteiger partial charge on any atom is -0.606 e. The van der Waals surface area contributed by atoms with Gasteiger partial charge in [0.1, 0.15) is 11.2 Å². The average molecular weight is 426 g/mol. The number of fused-ring (bicyclic) bond motifs is 2. The van der Waals surface area contributed by atoms with E-state index in [4.69, 9.17) is 5.11 Å². The maximum atomic E-state index is 13.2. The highest BCUT2D eigenvalue weighted by atomic mass is 32.2. The van der Waals surface area contributed by atoms with E-state index in [1.165, 1.54) is 18.2 Å². The summed E-state index contributed by atoms with van der Waals surface area (Å²) in [5.74, 6) is 0. The summed E-state index contributed by atoms with van der Waals surface area (Å²) in [6.45, 7) is -1.27. The van der Waals surface area contributed by atoms with Gasteiger partial charge in [-0.2, -0.15) is 13.2 Å². The van der Waals surface area contributed by atoms with Crippen LogP contribution in [0.4, 0.5) is 13.2 Å². The van der Waals surface area contributed by atoms with Crippen molar-refractivity contribution in [3.05, 3.63) is 62.8 Å². The van der Waals surface area contributed by atoms with Crippen LogP contribution in [0.15, 0.2) is 55.8 Å². The number of aromatic nitrogens is 2. The zero-order valence-corrected chi connectivity index (χ0v) is 15.3. The molecule has 29 heavy (non-hydrogen) atoms. The minimum atomic E-state index is -4.70. The summed E-state index contributed by atoms with van der Waals surface area (Å²) >= 11 is -1.90. The Labute approximate surface area is 163 Å². The molecule has 7 nitrogen and oxygen atoms in total. The van der Waals surface area contributed by atoms with Gasteiger partial charge in [0, 0.05) is 11.2 Å². The second-order valence-corrected chi connectivity index (χ2v) is 7.89. The maximum Gasteiger partial charge on any atom is 0.416 e. The molecule has 0 spiro atoms. The van der Waals surface area contributed by atoms with Gasteiger partial charge in [-0.3, -0.25) is 13.9 Å². The van der Waals surface area contributed by atoms with E-state index in [1.807, 2.05) is 0 Å². The molecule has 0 saturated carbocycles. The number of hydrogen-bond acceptors (Lipinski definition) is 5. The molecule has 1 aliphatic rings. The van der Waals surface area contributed by atoms with Crippen LogP contribution in [0.25, 0.3) is 16.6 Å². The Bertz CT molecular complexity index is 1250. The molecular formula is C18H13F3N2O5S. The molecule has 2 atom stereocenters. The van der Waals surface area contributed by atoms with Gasteiger partial charge in [-0.1, -0.05) is 6.07 Å². The summed E-state index contributed by atoms with van der Waals surface area (Å²) < 4.78 is 54.1. The molecule has 152 valence electrons. The monoisotopic (exact) mass is 426 g/mol. The Morgan fingerprint density at radius 3 is 2.52 bits per heavy atom. The van der Waals surface area contributed by atoms with Gasteiger partial charge in [-0.05, 0) is 30.3 Å². The number of nitrogens with zero attached hydrogens (tertiary/aromatic N) is 2. The highest BCUT2D eigenvalue weighted by Crippen LogP contribution is 2.39. The molecule has 0 saturated heterocycles. The zero-order chi connectivity index (χ0) is 21.1. The second-order valence-electron chi connectivity index (χ2n) is 6.47. The van der Waals surface area contributed by atoms with E-state index >= 15 is 0 Å². The minimum absolute atomic E-state index is 0.00648. The lowest BCUT2D eigenvalue weighted by Gasteiger charge is -2.25. The molecule has 0 radical (unpaired) electrons. The molecular weight excluding hydrogens is 413 g/mol. The molecule has 1 aromatic heterocycles. The topological polar surface area (TPSA) is 108 Å². The Morgan fingerprint density at radius 1 is 1.14 bits per heavy atom. The number of aliphatic hydroxyl groups excluding tert-OH is 2. The first-order chi connectivity index (χ1) is 13.6. The van der Waals surface area contributed by atoms with Gasteiger partial charge in [0.2, 0.25) is 0 Å². The smallest absolute Gasteiger partial charge is 0.416 e. The molecule has 3 aromatic rings. The first kappa shape index (κ1) is 19.7. The molecule has 0 amide bonds. The fraction of sp³-hybridized carbons (Fsp3) is 0.222. The Balaban J connectivity index is 2.15. The molecule has 2 aromatic carbocycles. The highest BCUT2D eigenvalue weighted by Gasteiger charge is 2.37. The Hall–Kier alpha value is -2.60. The number of benzene rings is 2. The molecule has 11 heteroatoms. The predicted octanol–water partition coefficient (Wildman–Crippen LogP) is 1.00. The molecule has 4 rings (SSSR count). The number of alkyl halides is 3. The summed E-state index contributed by atoms with van der Waals surface area (Å²) in [4.78, 5) is 25.9. The zero-order valence-electron chi connectivity index (χ0n) is 14.5. The third-order valence-electron chi connectivity index (χ3n) is 4.65. The normalized spacial score (nSPS) is 16.7. The number of rotatable bonds is 3. The predicted molar refractivity (Wildman–Crippen MR) is 96.6 cm³/mol. The van der Waals surface area contributed by atoms with Crippen LogP contribution in [0, 0.1) is 0 Å². The molecule has 1 aliphatic heterocycles. The van der Waals surface area contributed by atoms with Gasteiger partial charge in [0.15, 0.2) is 9.79 Å². The summed E-state index contributed by atoms with van der Waals surface area (Å²) in [5, 5.41) is 18.7. The van der Waals surface area contributed by atoms with Crippen molar-refractivity contribution in [3.63, 3.8) is 0 Å². The van der Waals surface area contributed by atoms with Crippen LogP contribution in [0.3, 0.4) is 0 Å². The van der Waals surface area contributed by atoms with Gasteiger partial charge < -0.3 is 14.8 Å². The lowest BCUT2D eigenvalue weighted by molar-refractivity contribution is -0.137. The van der Waals surface area contributed by atoms with Crippen molar-refractivity contribution in [2.75, 3.05) is 6.61 Å². The van der Waals surface area contributed by atoms with E-state index in [0.717, 1.165) is 16.7 Å². The average Bonchev–Trinajstić information content (AvgIpc) is 2.69. The van der Waals surface area contributed by atoms with Crippen LogP contribution in [0.1, 0.15) is 5.56 Å². The van der Waals surface area contributed by atoms with Gasteiger partial charge in [0.25, 0.3) is 5.56 Å². The van der Waals surface area contributed by atoms with Crippen LogP contribution in [-0.4, -0.2) is 36.6 Å². The number of aliphatic hydroxyl groups is 2. The fourth-order valence-electron chi connectivity index (χ4n) is 3.32. The number of hydrogen-bond donors (Lipinski definition) is 2. The first-order valence-electron chi connectivity index (χ1n) is 8.36. The van der Waals surface area contributed by atoms with Crippen molar-refractivity contribution < 1.29 is 27.9 Å². The lowest BCUT2D eigenvalue weighted by Crippen LogP contribution is -2.44. The van der Waals surface area contributed by atoms with Gasteiger partial charge in [-0.15, -0.1) is 0 Å². The summed E-state index contributed by atoms with van der Waals surface area (Å²) in [5.41, 5.74) is -3.13. The van der Waals surface area contributed by atoms with E-state index in [9.17, 15) is 32.4 Å². The van der Waals surface area contributed by atoms with E-state index < -0.39 is 53.4 Å². The molecule has 2 heterocycles. The van der Waals surface area contributed by atoms with Crippen LogP contribution in [0.2, 0.25) is 0 Å². The third-order valence-corrected chi connectivity index (χ3v) is 6.12. The second kappa shape index (κ2) is 6.73. The lowest BCUT2D eigenvalue weighted by atomic mass is 10.1. The largest absolute Gasteiger partial charge is 0.606 e. The summed E-state index contributed by atoms with van der Waals surface area (Å²) in [6, 6.07) is 6.77. The van der Waals surface area contributed by atoms with Crippen molar-refractivity contribution in [3.8, 4) is 5.69 Å². The van der Waals surface area contributed by atoms with E-state index in [1.54, 1.807) is 0 Å². The van der Waals surface area contributed by atoms with Crippen molar-refractivity contribution >= 4 is 22.1 Å². The first-order valence-corrected chi connectivity index (χ1v) is 9.51.